The molecule has 0 saturated carbocycles. The van der Waals surface area contributed by atoms with E-state index in [2.05, 4.69) is 0 Å². The molecule has 2 unspecified atom stereocenters. The van der Waals surface area contributed by atoms with Crippen LogP contribution < -0.4 is 0 Å². The Morgan fingerprint density at radius 3 is 2.61 bits per heavy atom. The lowest BCUT2D eigenvalue weighted by Crippen LogP contribution is -2.41. The molecule has 1 rings (SSSR count). The monoisotopic (exact) mass is 257 g/mol. The van der Waals surface area contributed by atoms with Crippen LogP contribution in [0.2, 0.25) is 0 Å². The molecule has 5 nitrogen and oxygen atoms in total. The Labute approximate surface area is 108 Å². The first kappa shape index (κ1) is 15.0. The van der Waals surface area contributed by atoms with E-state index in [9.17, 15) is 9.59 Å². The summed E-state index contributed by atoms with van der Waals surface area (Å²) < 4.78 is 10.3. The van der Waals surface area contributed by atoms with Crippen LogP contribution in [0.25, 0.3) is 0 Å². The maximum Gasteiger partial charge on any atom is 0.325 e. The summed E-state index contributed by atoms with van der Waals surface area (Å²) in [4.78, 5) is 25.3. The molecular weight excluding hydrogens is 234 g/mol. The quantitative estimate of drug-likeness (QED) is 0.671. The first-order valence-electron chi connectivity index (χ1n) is 6.64. The van der Waals surface area contributed by atoms with E-state index in [4.69, 9.17) is 9.47 Å². The minimum atomic E-state index is -0.341. The van der Waals surface area contributed by atoms with Crippen molar-refractivity contribution in [3.05, 3.63) is 0 Å². The van der Waals surface area contributed by atoms with E-state index in [1.165, 1.54) is 0 Å². The lowest BCUT2D eigenvalue weighted by molar-refractivity contribution is -0.150. The van der Waals surface area contributed by atoms with E-state index in [-0.39, 0.29) is 30.4 Å². The van der Waals surface area contributed by atoms with Crippen LogP contribution >= 0.6 is 0 Å². The number of ether oxygens (including phenoxy) is 2. The molecule has 1 fully saturated rings. The fraction of sp³-hybridized carbons (Fsp3) is 0.846. The largest absolute Gasteiger partial charge is 0.465 e. The van der Waals surface area contributed by atoms with Gasteiger partial charge < -0.3 is 14.4 Å². The lowest BCUT2D eigenvalue weighted by Gasteiger charge is -2.23. The van der Waals surface area contributed by atoms with Gasteiger partial charge in [0, 0.05) is 6.54 Å². The minimum Gasteiger partial charge on any atom is -0.465 e. The van der Waals surface area contributed by atoms with Crippen LogP contribution in [0.4, 0.5) is 0 Å². The molecule has 1 aliphatic rings. The van der Waals surface area contributed by atoms with Gasteiger partial charge in [-0.2, -0.15) is 0 Å². The maximum atomic E-state index is 12.3. The van der Waals surface area contributed by atoms with Crippen LogP contribution in [-0.4, -0.2) is 49.2 Å². The van der Waals surface area contributed by atoms with E-state index < -0.39 is 0 Å². The number of rotatable bonds is 6. The molecule has 2 atom stereocenters. The van der Waals surface area contributed by atoms with E-state index in [1.807, 2.05) is 13.8 Å². The van der Waals surface area contributed by atoms with Crippen molar-refractivity contribution in [2.45, 2.75) is 39.7 Å². The van der Waals surface area contributed by atoms with Crippen molar-refractivity contribution in [1.82, 2.24) is 4.90 Å². The summed E-state index contributed by atoms with van der Waals surface area (Å²) in [6, 6.07) is 0. The molecule has 0 aromatic heterocycles. The van der Waals surface area contributed by atoms with Crippen LogP contribution in [-0.2, 0) is 19.1 Å². The van der Waals surface area contributed by atoms with Crippen LogP contribution in [0, 0.1) is 5.92 Å². The number of nitrogens with zero attached hydrogens (tertiary/aromatic N) is 1. The van der Waals surface area contributed by atoms with Crippen LogP contribution in [0.3, 0.4) is 0 Å². The van der Waals surface area contributed by atoms with Crippen LogP contribution in [0.5, 0.6) is 0 Å². The topological polar surface area (TPSA) is 55.8 Å². The highest BCUT2D eigenvalue weighted by Gasteiger charge is 2.32. The van der Waals surface area contributed by atoms with Gasteiger partial charge in [-0.25, -0.2) is 0 Å². The van der Waals surface area contributed by atoms with Crippen LogP contribution in [0.15, 0.2) is 0 Å². The van der Waals surface area contributed by atoms with Gasteiger partial charge in [-0.15, -0.1) is 0 Å². The number of hydrogen-bond donors (Lipinski definition) is 0. The van der Waals surface area contributed by atoms with Gasteiger partial charge in [0.05, 0.1) is 25.2 Å². The highest BCUT2D eigenvalue weighted by Crippen LogP contribution is 2.21. The predicted molar refractivity (Wildman–Crippen MR) is 67.0 cm³/mol. The van der Waals surface area contributed by atoms with Crippen molar-refractivity contribution in [1.29, 1.82) is 0 Å². The van der Waals surface area contributed by atoms with Gasteiger partial charge in [-0.1, -0.05) is 6.92 Å². The first-order chi connectivity index (χ1) is 8.58. The molecule has 1 heterocycles. The summed E-state index contributed by atoms with van der Waals surface area (Å²) in [5.74, 6) is -0.443. The van der Waals surface area contributed by atoms with Gasteiger partial charge in [-0.3, -0.25) is 9.59 Å². The van der Waals surface area contributed by atoms with E-state index >= 15 is 0 Å². The van der Waals surface area contributed by atoms with Gasteiger partial charge in [0.2, 0.25) is 5.91 Å². The van der Waals surface area contributed by atoms with E-state index in [1.54, 1.807) is 11.8 Å². The Kier molecular flexibility index (Phi) is 6.12. The molecular formula is C13H23NO4. The average molecular weight is 257 g/mol. The number of esters is 1. The molecule has 1 aliphatic heterocycles. The molecule has 0 bridgehead atoms. The van der Waals surface area contributed by atoms with Crippen molar-refractivity contribution >= 4 is 11.9 Å². The Hall–Kier alpha value is -1.10. The van der Waals surface area contributed by atoms with Crippen molar-refractivity contribution in [3.8, 4) is 0 Å². The van der Waals surface area contributed by atoms with Crippen molar-refractivity contribution in [2.75, 3.05) is 26.3 Å². The summed E-state index contributed by atoms with van der Waals surface area (Å²) in [6.45, 7) is 7.14. The third kappa shape index (κ3) is 4.29. The number of amides is 1. The zero-order valence-corrected chi connectivity index (χ0v) is 11.5. The Bertz CT molecular complexity index is 293. The molecule has 1 saturated heterocycles. The Balaban J connectivity index is 2.54. The molecule has 5 heteroatoms. The second-order valence-electron chi connectivity index (χ2n) is 4.64. The fourth-order valence-corrected chi connectivity index (χ4v) is 2.15. The highest BCUT2D eigenvalue weighted by molar-refractivity contribution is 5.84. The predicted octanol–water partition coefficient (Wildman–Crippen LogP) is 1.21. The molecule has 0 spiro atoms. The standard InChI is InChI=1S/C13H23NO4/c1-4-6-14(8-12(15)17-5-2)13(16)11-7-10(3)18-9-11/h10-11H,4-9H2,1-3H3. The second kappa shape index (κ2) is 7.36. The zero-order chi connectivity index (χ0) is 13.5. The first-order valence-corrected chi connectivity index (χ1v) is 6.64. The van der Waals surface area contributed by atoms with E-state index in [0.29, 0.717) is 19.8 Å². The molecule has 0 radical (unpaired) electrons. The smallest absolute Gasteiger partial charge is 0.325 e. The summed E-state index contributed by atoms with van der Waals surface area (Å²) in [6.07, 6.45) is 1.70. The molecule has 0 aliphatic carbocycles. The average Bonchev–Trinajstić information content (AvgIpc) is 2.75. The van der Waals surface area contributed by atoms with Crippen molar-refractivity contribution < 1.29 is 19.1 Å². The summed E-state index contributed by atoms with van der Waals surface area (Å²) in [7, 11) is 0. The fourth-order valence-electron chi connectivity index (χ4n) is 2.15. The maximum absolute atomic E-state index is 12.3. The molecule has 0 aromatic carbocycles. The Morgan fingerprint density at radius 1 is 1.39 bits per heavy atom. The second-order valence-corrected chi connectivity index (χ2v) is 4.64. The summed E-state index contributed by atoms with van der Waals surface area (Å²) >= 11 is 0. The summed E-state index contributed by atoms with van der Waals surface area (Å²) in [5, 5.41) is 0. The molecule has 1 amide bonds. The summed E-state index contributed by atoms with van der Waals surface area (Å²) in [5.41, 5.74) is 0. The van der Waals surface area contributed by atoms with E-state index in [0.717, 1.165) is 12.8 Å². The molecule has 0 N–H and O–H groups in total. The minimum absolute atomic E-state index is 0.00857. The third-order valence-electron chi connectivity index (χ3n) is 2.98. The van der Waals surface area contributed by atoms with Crippen LogP contribution in [0.1, 0.15) is 33.6 Å². The number of carbonyl (C=O) groups is 2. The van der Waals surface area contributed by atoms with Gasteiger partial charge in [-0.05, 0) is 26.7 Å². The third-order valence-corrected chi connectivity index (χ3v) is 2.98. The Morgan fingerprint density at radius 2 is 2.11 bits per heavy atom. The van der Waals surface area contributed by atoms with Gasteiger partial charge in [0.25, 0.3) is 0 Å². The zero-order valence-electron chi connectivity index (χ0n) is 11.5. The SMILES string of the molecule is CCCN(CC(=O)OCC)C(=O)C1COC(C)C1. The molecule has 104 valence electrons. The normalized spacial score (nSPS) is 22.8. The number of carbonyl (C=O) groups excluding carboxylic acids is 2. The molecule has 0 aromatic rings. The van der Waals surface area contributed by atoms with Crippen molar-refractivity contribution in [2.24, 2.45) is 5.92 Å². The number of hydrogen-bond acceptors (Lipinski definition) is 4. The van der Waals surface area contributed by atoms with Gasteiger partial charge in [0.1, 0.15) is 6.54 Å². The van der Waals surface area contributed by atoms with Crippen molar-refractivity contribution in [3.63, 3.8) is 0 Å². The van der Waals surface area contributed by atoms with Gasteiger partial charge >= 0.3 is 5.97 Å². The van der Waals surface area contributed by atoms with Gasteiger partial charge in [0.15, 0.2) is 0 Å². The highest BCUT2D eigenvalue weighted by atomic mass is 16.5. The lowest BCUT2D eigenvalue weighted by atomic mass is 10.0. The molecule has 18 heavy (non-hydrogen) atoms.